The lowest BCUT2D eigenvalue weighted by Crippen LogP contribution is -2.34. The Morgan fingerprint density at radius 2 is 1.94 bits per heavy atom. The molecule has 0 saturated heterocycles. The van der Waals surface area contributed by atoms with E-state index < -0.39 is 11.2 Å². The average molecular weight is 422 g/mol. The van der Waals surface area contributed by atoms with Crippen LogP contribution in [0.3, 0.4) is 0 Å². The van der Waals surface area contributed by atoms with E-state index in [4.69, 9.17) is 10.5 Å². The first-order chi connectivity index (χ1) is 14.7. The molecular weight excluding hydrogens is 396 g/mol. The summed E-state index contributed by atoms with van der Waals surface area (Å²) in [6.45, 7) is 3.45. The highest BCUT2D eigenvalue weighted by atomic mass is 16.5. The summed E-state index contributed by atoms with van der Waals surface area (Å²) in [6.07, 6.45) is 5.74. The van der Waals surface area contributed by atoms with Crippen molar-refractivity contribution in [2.75, 3.05) is 12.8 Å². The molecule has 9 nitrogen and oxygen atoms in total. The number of hydrogen-bond donors (Lipinski definition) is 3. The van der Waals surface area contributed by atoms with Gasteiger partial charge in [-0.15, -0.1) is 0 Å². The number of benzene rings is 1. The first kappa shape index (κ1) is 21.0. The van der Waals surface area contributed by atoms with Gasteiger partial charge < -0.3 is 20.7 Å². The molecule has 31 heavy (non-hydrogen) atoms. The van der Waals surface area contributed by atoms with Crippen molar-refractivity contribution in [1.29, 1.82) is 0 Å². The number of methoxy groups -OCH3 is 1. The van der Waals surface area contributed by atoms with Crippen molar-refractivity contribution >= 4 is 22.5 Å². The van der Waals surface area contributed by atoms with Crippen molar-refractivity contribution in [2.24, 2.45) is 0 Å². The number of anilines is 1. The number of nitrogens with zero attached hydrogens (tertiary/aromatic N) is 5. The summed E-state index contributed by atoms with van der Waals surface area (Å²) in [7, 11) is 1.60. The average Bonchev–Trinajstić information content (AvgIpc) is 3.23. The molecule has 0 atom stereocenters. The van der Waals surface area contributed by atoms with Crippen LogP contribution >= 0.6 is 0 Å². The quantitative estimate of drug-likeness (QED) is 0.459. The van der Waals surface area contributed by atoms with Crippen molar-refractivity contribution in [3.05, 3.63) is 54.1 Å². The zero-order valence-electron chi connectivity index (χ0n) is 17.8. The lowest BCUT2D eigenvalue weighted by Gasteiger charge is -2.36. The second-order valence-electron chi connectivity index (χ2n) is 8.20. The maximum atomic E-state index is 10.1. The highest BCUT2D eigenvalue weighted by Gasteiger charge is 2.37. The molecule has 0 bridgehead atoms. The zero-order chi connectivity index (χ0) is 22.2. The topological polar surface area (TPSA) is 132 Å². The molecule has 0 amide bonds. The predicted octanol–water partition coefficient (Wildman–Crippen LogP) is 2.55. The summed E-state index contributed by atoms with van der Waals surface area (Å²) in [6, 6.07) is 9.27. The van der Waals surface area contributed by atoms with E-state index in [0.717, 1.165) is 35.9 Å². The van der Waals surface area contributed by atoms with Gasteiger partial charge in [-0.1, -0.05) is 12.1 Å². The van der Waals surface area contributed by atoms with E-state index in [2.05, 4.69) is 20.1 Å². The Kier molecular flexibility index (Phi) is 5.24. The third-order valence-corrected chi connectivity index (χ3v) is 5.58. The van der Waals surface area contributed by atoms with E-state index in [1.54, 1.807) is 27.2 Å². The number of para-hydroxylation sites is 1. The molecule has 0 unspecified atom stereocenters. The van der Waals surface area contributed by atoms with Crippen molar-refractivity contribution in [3.8, 4) is 5.75 Å². The van der Waals surface area contributed by atoms with Gasteiger partial charge >= 0.3 is 0 Å². The van der Waals surface area contributed by atoms with Gasteiger partial charge in [0.05, 0.1) is 18.4 Å². The lowest BCUT2D eigenvalue weighted by molar-refractivity contribution is -0.0427. The first-order valence-electron chi connectivity index (χ1n) is 10.1. The summed E-state index contributed by atoms with van der Waals surface area (Å²) in [5.74, 6) is 0.971. The van der Waals surface area contributed by atoms with Gasteiger partial charge in [-0.2, -0.15) is 9.61 Å². The Labute approximate surface area is 179 Å². The van der Waals surface area contributed by atoms with Gasteiger partial charge in [-0.05, 0) is 51.3 Å². The van der Waals surface area contributed by atoms with Crippen LogP contribution in [0.2, 0.25) is 0 Å². The van der Waals surface area contributed by atoms with Crippen LogP contribution in [0.5, 0.6) is 5.75 Å². The smallest absolute Gasteiger partial charge is 0.223 e. The predicted molar refractivity (Wildman–Crippen MR) is 116 cm³/mol. The van der Waals surface area contributed by atoms with Crippen molar-refractivity contribution in [1.82, 2.24) is 24.6 Å². The van der Waals surface area contributed by atoms with Gasteiger partial charge in [0.2, 0.25) is 5.95 Å². The van der Waals surface area contributed by atoms with E-state index in [9.17, 15) is 10.2 Å². The second kappa shape index (κ2) is 7.75. The summed E-state index contributed by atoms with van der Waals surface area (Å²) in [5, 5.41) is 24.7. The minimum absolute atomic E-state index is 0.296. The SMILES string of the molecule is CC(C)(O)c1ccc(C2(O)CCC2)nc1.COc1cccc2c1nc(N)n1ncnc21. The summed E-state index contributed by atoms with van der Waals surface area (Å²) in [4.78, 5) is 12.6. The van der Waals surface area contributed by atoms with E-state index in [-0.39, 0.29) is 0 Å². The number of pyridine rings is 1. The molecular formula is C22H26N6O3. The molecule has 9 heteroatoms. The minimum Gasteiger partial charge on any atom is -0.494 e. The van der Waals surface area contributed by atoms with Crippen LogP contribution in [0, 0.1) is 0 Å². The Morgan fingerprint density at radius 1 is 1.16 bits per heavy atom. The standard InChI is InChI=1S/C12H17NO2.C10H9N5O/c1-11(2,14)9-4-5-10(13-8-9)12(15)6-3-7-12;1-16-7-4-2-3-6-8(7)14-10(11)15-9(6)12-5-13-15/h4-5,8,14-15H,3,6-7H2,1-2H3;2-5H,1H3,(H2,11,14). The van der Waals surface area contributed by atoms with Crippen LogP contribution in [0.1, 0.15) is 44.4 Å². The summed E-state index contributed by atoms with van der Waals surface area (Å²) >= 11 is 0. The number of hydrogen-bond acceptors (Lipinski definition) is 8. The fraction of sp³-hybridized carbons (Fsp3) is 0.364. The molecule has 0 aliphatic heterocycles. The Balaban J connectivity index is 0.000000150. The molecule has 1 aliphatic rings. The lowest BCUT2D eigenvalue weighted by atomic mass is 9.77. The monoisotopic (exact) mass is 422 g/mol. The highest BCUT2D eigenvalue weighted by molar-refractivity contribution is 5.95. The summed E-state index contributed by atoms with van der Waals surface area (Å²) in [5.41, 5.74) is 7.08. The number of fused-ring (bicyclic) bond motifs is 3. The normalized spacial score (nSPS) is 15.3. The van der Waals surface area contributed by atoms with E-state index >= 15 is 0 Å². The molecule has 1 saturated carbocycles. The third-order valence-electron chi connectivity index (χ3n) is 5.58. The van der Waals surface area contributed by atoms with Crippen LogP contribution in [0.15, 0.2) is 42.9 Å². The van der Waals surface area contributed by atoms with Crippen LogP contribution < -0.4 is 10.5 Å². The Morgan fingerprint density at radius 3 is 2.52 bits per heavy atom. The highest BCUT2D eigenvalue weighted by Crippen LogP contribution is 2.40. The van der Waals surface area contributed by atoms with E-state index in [1.165, 1.54) is 10.8 Å². The Hall–Kier alpha value is -3.30. The largest absolute Gasteiger partial charge is 0.494 e. The first-order valence-corrected chi connectivity index (χ1v) is 10.1. The second-order valence-corrected chi connectivity index (χ2v) is 8.20. The number of nitrogens with two attached hydrogens (primary N) is 1. The van der Waals surface area contributed by atoms with Crippen LogP contribution in [-0.4, -0.2) is 41.9 Å². The van der Waals surface area contributed by atoms with Gasteiger partial charge in [0.25, 0.3) is 0 Å². The fourth-order valence-electron chi connectivity index (χ4n) is 3.54. The molecule has 0 spiro atoms. The maximum absolute atomic E-state index is 10.1. The molecule has 3 heterocycles. The molecule has 1 fully saturated rings. The number of ether oxygens (including phenoxy) is 1. The molecule has 4 N–H and O–H groups in total. The van der Waals surface area contributed by atoms with Crippen LogP contribution in [-0.2, 0) is 11.2 Å². The number of aliphatic hydroxyl groups is 2. The van der Waals surface area contributed by atoms with Gasteiger partial charge in [-0.25, -0.2) is 9.97 Å². The van der Waals surface area contributed by atoms with E-state index in [0.29, 0.717) is 22.9 Å². The number of nitrogen functional groups attached to an aromatic ring is 1. The molecule has 3 aromatic heterocycles. The van der Waals surface area contributed by atoms with Crippen molar-refractivity contribution in [2.45, 2.75) is 44.3 Å². The molecule has 5 rings (SSSR count). The molecule has 1 aliphatic carbocycles. The zero-order valence-corrected chi connectivity index (χ0v) is 17.8. The molecule has 0 radical (unpaired) electrons. The van der Waals surface area contributed by atoms with Crippen LogP contribution in [0.25, 0.3) is 16.6 Å². The summed E-state index contributed by atoms with van der Waals surface area (Å²) < 4.78 is 6.73. The van der Waals surface area contributed by atoms with Gasteiger partial charge in [0.1, 0.15) is 23.2 Å². The van der Waals surface area contributed by atoms with Gasteiger partial charge in [0.15, 0.2) is 5.65 Å². The van der Waals surface area contributed by atoms with Crippen molar-refractivity contribution < 1.29 is 14.9 Å². The van der Waals surface area contributed by atoms with Gasteiger partial charge in [0, 0.05) is 17.1 Å². The van der Waals surface area contributed by atoms with Gasteiger partial charge in [-0.3, -0.25) is 4.98 Å². The van der Waals surface area contributed by atoms with Crippen molar-refractivity contribution in [3.63, 3.8) is 0 Å². The van der Waals surface area contributed by atoms with E-state index in [1.807, 2.05) is 30.3 Å². The fourth-order valence-corrected chi connectivity index (χ4v) is 3.54. The molecule has 1 aromatic carbocycles. The minimum atomic E-state index is -0.867. The molecule has 162 valence electrons. The molecule has 4 aromatic rings. The van der Waals surface area contributed by atoms with Crippen LogP contribution in [0.4, 0.5) is 5.95 Å². The Bertz CT molecular complexity index is 1210. The number of rotatable bonds is 3. The number of aromatic nitrogens is 5. The maximum Gasteiger partial charge on any atom is 0.223 e. The third kappa shape index (κ3) is 3.89.